The summed E-state index contributed by atoms with van der Waals surface area (Å²) in [5, 5.41) is 3.24. The minimum Gasteiger partial charge on any atom is -0.493 e. The molecule has 1 N–H and O–H groups in total. The van der Waals surface area contributed by atoms with Gasteiger partial charge >= 0.3 is 5.97 Å². The topological polar surface area (TPSA) is 47.6 Å². The van der Waals surface area contributed by atoms with Crippen molar-refractivity contribution in [2.75, 3.05) is 13.7 Å². The standard InChI is InChI=1S/C14H17NO3/c1-3-11(14(16)17-2)15-12-8-9-18-13-7-5-4-6-10(12)13/h3-7,11-12,15H,1,8-9H2,2H3. The summed E-state index contributed by atoms with van der Waals surface area (Å²) in [5.41, 5.74) is 1.07. The Morgan fingerprint density at radius 2 is 2.39 bits per heavy atom. The third-order valence-electron chi connectivity index (χ3n) is 3.03. The minimum atomic E-state index is -0.494. The number of hydrogen-bond donors (Lipinski definition) is 1. The highest BCUT2D eigenvalue weighted by atomic mass is 16.5. The number of ether oxygens (including phenoxy) is 2. The van der Waals surface area contributed by atoms with E-state index in [4.69, 9.17) is 9.47 Å². The van der Waals surface area contributed by atoms with Gasteiger partial charge in [0.15, 0.2) is 0 Å². The number of carbonyl (C=O) groups excluding carboxylic acids is 1. The van der Waals surface area contributed by atoms with E-state index < -0.39 is 6.04 Å². The van der Waals surface area contributed by atoms with Gasteiger partial charge in [0.05, 0.1) is 13.7 Å². The summed E-state index contributed by atoms with van der Waals surface area (Å²) in [4.78, 5) is 11.5. The summed E-state index contributed by atoms with van der Waals surface area (Å²) < 4.78 is 10.3. The van der Waals surface area contributed by atoms with Crippen LogP contribution in [0.1, 0.15) is 18.0 Å². The number of esters is 1. The Bertz CT molecular complexity index is 444. The van der Waals surface area contributed by atoms with Crippen LogP contribution in [0.2, 0.25) is 0 Å². The first-order chi connectivity index (χ1) is 8.76. The maximum atomic E-state index is 11.5. The van der Waals surface area contributed by atoms with Crippen LogP contribution in [0.25, 0.3) is 0 Å². The number of nitrogens with one attached hydrogen (secondary N) is 1. The van der Waals surface area contributed by atoms with Crippen LogP contribution in [0, 0.1) is 0 Å². The Morgan fingerprint density at radius 3 is 3.11 bits per heavy atom. The molecule has 0 radical (unpaired) electrons. The maximum Gasteiger partial charge on any atom is 0.326 e. The minimum absolute atomic E-state index is 0.0806. The molecule has 18 heavy (non-hydrogen) atoms. The summed E-state index contributed by atoms with van der Waals surface area (Å²) >= 11 is 0. The van der Waals surface area contributed by atoms with Crippen molar-refractivity contribution < 1.29 is 14.3 Å². The Labute approximate surface area is 107 Å². The van der Waals surface area contributed by atoms with Crippen molar-refractivity contribution in [2.24, 2.45) is 0 Å². The molecule has 4 heteroatoms. The molecule has 0 bridgehead atoms. The van der Waals surface area contributed by atoms with Gasteiger partial charge < -0.3 is 9.47 Å². The summed E-state index contributed by atoms with van der Waals surface area (Å²) in [7, 11) is 1.37. The SMILES string of the molecule is C=CC(NC1CCOc2ccccc21)C(=O)OC. The van der Waals surface area contributed by atoms with Crippen molar-refractivity contribution in [1.82, 2.24) is 5.32 Å². The zero-order chi connectivity index (χ0) is 13.0. The third-order valence-corrected chi connectivity index (χ3v) is 3.03. The van der Waals surface area contributed by atoms with Crippen LogP contribution < -0.4 is 10.1 Å². The van der Waals surface area contributed by atoms with Crippen molar-refractivity contribution >= 4 is 5.97 Å². The number of methoxy groups -OCH3 is 1. The lowest BCUT2D eigenvalue weighted by molar-refractivity contribution is -0.142. The van der Waals surface area contributed by atoms with Gasteiger partial charge in [-0.3, -0.25) is 10.1 Å². The van der Waals surface area contributed by atoms with Crippen LogP contribution in [-0.4, -0.2) is 25.7 Å². The van der Waals surface area contributed by atoms with Gasteiger partial charge in [0.2, 0.25) is 0 Å². The molecule has 0 aliphatic carbocycles. The molecule has 1 heterocycles. The Kier molecular flexibility index (Phi) is 3.99. The molecule has 1 aromatic rings. The van der Waals surface area contributed by atoms with Crippen molar-refractivity contribution in [1.29, 1.82) is 0 Å². The first-order valence-electron chi connectivity index (χ1n) is 5.94. The third kappa shape index (κ3) is 2.54. The van der Waals surface area contributed by atoms with E-state index in [9.17, 15) is 4.79 Å². The first kappa shape index (κ1) is 12.6. The van der Waals surface area contributed by atoms with Crippen molar-refractivity contribution in [2.45, 2.75) is 18.5 Å². The number of carbonyl (C=O) groups is 1. The lowest BCUT2D eigenvalue weighted by atomic mass is 9.99. The zero-order valence-electron chi connectivity index (χ0n) is 10.4. The van der Waals surface area contributed by atoms with Crippen LogP contribution >= 0.6 is 0 Å². The number of para-hydroxylation sites is 1. The molecule has 1 aliphatic rings. The first-order valence-corrected chi connectivity index (χ1v) is 5.94. The van der Waals surface area contributed by atoms with Gasteiger partial charge in [-0.05, 0) is 6.07 Å². The molecular formula is C14H17NO3. The van der Waals surface area contributed by atoms with Crippen molar-refractivity contribution in [3.63, 3.8) is 0 Å². The Hall–Kier alpha value is -1.81. The van der Waals surface area contributed by atoms with Crippen LogP contribution in [0.3, 0.4) is 0 Å². The van der Waals surface area contributed by atoms with E-state index in [-0.39, 0.29) is 12.0 Å². The fourth-order valence-corrected chi connectivity index (χ4v) is 2.09. The molecule has 0 amide bonds. The molecule has 0 fully saturated rings. The average molecular weight is 247 g/mol. The normalized spacial score (nSPS) is 19.3. The number of hydrogen-bond acceptors (Lipinski definition) is 4. The highest BCUT2D eigenvalue weighted by Crippen LogP contribution is 2.31. The molecule has 2 atom stereocenters. The molecule has 0 aromatic heterocycles. The number of fused-ring (bicyclic) bond motifs is 1. The molecule has 1 aromatic carbocycles. The van der Waals surface area contributed by atoms with Gasteiger partial charge in [0, 0.05) is 18.0 Å². The van der Waals surface area contributed by atoms with Crippen LogP contribution in [0.15, 0.2) is 36.9 Å². The van der Waals surface area contributed by atoms with Crippen molar-refractivity contribution in [3.8, 4) is 5.75 Å². The molecule has 2 unspecified atom stereocenters. The van der Waals surface area contributed by atoms with E-state index in [1.807, 2.05) is 24.3 Å². The number of benzene rings is 1. The second-order valence-electron chi connectivity index (χ2n) is 4.13. The molecule has 1 aliphatic heterocycles. The molecular weight excluding hydrogens is 230 g/mol. The monoisotopic (exact) mass is 247 g/mol. The quantitative estimate of drug-likeness (QED) is 0.651. The van der Waals surface area contributed by atoms with E-state index in [0.29, 0.717) is 6.61 Å². The van der Waals surface area contributed by atoms with Gasteiger partial charge in [0.25, 0.3) is 0 Å². The summed E-state index contributed by atoms with van der Waals surface area (Å²) in [6.07, 6.45) is 2.38. The molecule has 2 rings (SSSR count). The fourth-order valence-electron chi connectivity index (χ4n) is 2.09. The van der Waals surface area contributed by atoms with E-state index >= 15 is 0 Å². The van der Waals surface area contributed by atoms with Crippen molar-refractivity contribution in [3.05, 3.63) is 42.5 Å². The summed E-state index contributed by atoms with van der Waals surface area (Å²) in [6.45, 7) is 4.30. The smallest absolute Gasteiger partial charge is 0.326 e. The fraction of sp³-hybridized carbons (Fsp3) is 0.357. The Morgan fingerprint density at radius 1 is 1.61 bits per heavy atom. The van der Waals surface area contributed by atoms with E-state index in [2.05, 4.69) is 11.9 Å². The molecule has 96 valence electrons. The zero-order valence-corrected chi connectivity index (χ0v) is 10.4. The average Bonchev–Trinajstić information content (AvgIpc) is 2.44. The largest absolute Gasteiger partial charge is 0.493 e. The van der Waals surface area contributed by atoms with Crippen LogP contribution in [0.4, 0.5) is 0 Å². The highest BCUT2D eigenvalue weighted by Gasteiger charge is 2.25. The van der Waals surface area contributed by atoms with Gasteiger partial charge in [0.1, 0.15) is 11.8 Å². The molecule has 0 spiro atoms. The molecule has 4 nitrogen and oxygen atoms in total. The van der Waals surface area contributed by atoms with Gasteiger partial charge in [-0.25, -0.2) is 0 Å². The summed E-state index contributed by atoms with van der Waals surface area (Å²) in [6, 6.07) is 7.42. The maximum absolute atomic E-state index is 11.5. The highest BCUT2D eigenvalue weighted by molar-refractivity contribution is 5.77. The molecule has 0 saturated carbocycles. The van der Waals surface area contributed by atoms with E-state index in [1.165, 1.54) is 7.11 Å². The van der Waals surface area contributed by atoms with E-state index in [0.717, 1.165) is 17.7 Å². The number of rotatable bonds is 4. The predicted molar refractivity (Wildman–Crippen MR) is 68.4 cm³/mol. The van der Waals surface area contributed by atoms with E-state index in [1.54, 1.807) is 6.08 Å². The van der Waals surface area contributed by atoms with Gasteiger partial charge in [-0.1, -0.05) is 24.3 Å². The second kappa shape index (κ2) is 5.69. The predicted octanol–water partition coefficient (Wildman–Crippen LogP) is 1.83. The summed E-state index contributed by atoms with van der Waals surface area (Å²) in [5.74, 6) is 0.544. The lowest BCUT2D eigenvalue weighted by Crippen LogP contribution is -2.40. The Balaban J connectivity index is 2.15. The van der Waals surface area contributed by atoms with Crippen LogP contribution in [-0.2, 0) is 9.53 Å². The van der Waals surface area contributed by atoms with Gasteiger partial charge in [-0.15, -0.1) is 6.58 Å². The lowest BCUT2D eigenvalue weighted by Gasteiger charge is -2.28. The van der Waals surface area contributed by atoms with Crippen LogP contribution in [0.5, 0.6) is 5.75 Å². The van der Waals surface area contributed by atoms with Gasteiger partial charge in [-0.2, -0.15) is 0 Å². The molecule has 0 saturated heterocycles. The second-order valence-corrected chi connectivity index (χ2v) is 4.13.